The molecule has 0 aromatic carbocycles. The van der Waals surface area contributed by atoms with E-state index in [4.69, 9.17) is 0 Å². The maximum absolute atomic E-state index is 11.1. The van der Waals surface area contributed by atoms with Gasteiger partial charge in [0.05, 0.1) is 6.67 Å². The first-order valence-electron chi connectivity index (χ1n) is 4.45. The Balaban J connectivity index is 2.53. The Morgan fingerprint density at radius 2 is 1.62 bits per heavy atom. The predicted octanol–water partition coefficient (Wildman–Crippen LogP) is 0.211. The molecular weight excluding hydrogens is 168 g/mol. The lowest BCUT2D eigenvalue weighted by Gasteiger charge is -2.23. The van der Waals surface area contributed by atoms with Crippen LogP contribution in [0.15, 0.2) is 12.2 Å². The van der Waals surface area contributed by atoms with E-state index in [9.17, 15) is 9.59 Å². The minimum atomic E-state index is -0.211. The van der Waals surface area contributed by atoms with E-state index in [2.05, 4.69) is 0 Å². The molecule has 72 valence electrons. The molecule has 1 aliphatic heterocycles. The van der Waals surface area contributed by atoms with Gasteiger partial charge in [0.2, 0.25) is 0 Å². The van der Waals surface area contributed by atoms with Gasteiger partial charge in [-0.2, -0.15) is 0 Å². The van der Waals surface area contributed by atoms with Crippen LogP contribution in [0.2, 0.25) is 0 Å². The van der Waals surface area contributed by atoms with Crippen molar-refractivity contribution >= 4 is 11.8 Å². The van der Waals surface area contributed by atoms with E-state index >= 15 is 0 Å². The highest BCUT2D eigenvalue weighted by atomic mass is 16.2. The number of hydrogen-bond donors (Lipinski definition) is 0. The number of imide groups is 1. The maximum atomic E-state index is 11.1. The van der Waals surface area contributed by atoms with Gasteiger partial charge in [-0.25, -0.2) is 0 Å². The van der Waals surface area contributed by atoms with E-state index in [1.807, 2.05) is 18.7 Å². The molecule has 0 N–H and O–H groups in total. The van der Waals surface area contributed by atoms with Crippen molar-refractivity contribution in [2.75, 3.05) is 19.8 Å². The van der Waals surface area contributed by atoms with Crippen LogP contribution in [-0.4, -0.2) is 41.4 Å². The summed E-state index contributed by atoms with van der Waals surface area (Å²) in [6.45, 7) is 6.09. The van der Waals surface area contributed by atoms with Gasteiger partial charge >= 0.3 is 0 Å². The summed E-state index contributed by atoms with van der Waals surface area (Å²) in [5.74, 6) is -0.422. The lowest BCUT2D eigenvalue weighted by Crippen LogP contribution is -2.41. The molecule has 0 spiro atoms. The molecule has 1 aliphatic rings. The fraction of sp³-hybridized carbons (Fsp3) is 0.556. The third-order valence-electron chi connectivity index (χ3n) is 2.14. The number of nitrogens with zero attached hydrogens (tertiary/aromatic N) is 2. The van der Waals surface area contributed by atoms with Gasteiger partial charge in [-0.15, -0.1) is 0 Å². The minimum Gasteiger partial charge on any atom is -0.286 e. The molecule has 0 unspecified atom stereocenters. The average molecular weight is 182 g/mol. The molecule has 4 heteroatoms. The number of amides is 2. The number of hydrogen-bond acceptors (Lipinski definition) is 3. The second kappa shape index (κ2) is 4.18. The van der Waals surface area contributed by atoms with Crippen LogP contribution >= 0.6 is 0 Å². The lowest BCUT2D eigenvalue weighted by molar-refractivity contribution is -0.139. The number of carbonyl (C=O) groups is 2. The predicted molar refractivity (Wildman–Crippen MR) is 48.8 cm³/mol. The summed E-state index contributed by atoms with van der Waals surface area (Å²) >= 11 is 0. The molecule has 13 heavy (non-hydrogen) atoms. The summed E-state index contributed by atoms with van der Waals surface area (Å²) < 4.78 is 0. The van der Waals surface area contributed by atoms with Crippen LogP contribution in [0.3, 0.4) is 0 Å². The van der Waals surface area contributed by atoms with Crippen molar-refractivity contribution in [1.29, 1.82) is 0 Å². The monoisotopic (exact) mass is 182 g/mol. The smallest absolute Gasteiger partial charge is 0.254 e. The number of rotatable bonds is 4. The average Bonchev–Trinajstić information content (AvgIpc) is 2.44. The van der Waals surface area contributed by atoms with Crippen molar-refractivity contribution < 1.29 is 9.59 Å². The molecule has 1 rings (SSSR count). The Kier molecular flexibility index (Phi) is 3.19. The van der Waals surface area contributed by atoms with Crippen molar-refractivity contribution in [2.24, 2.45) is 0 Å². The van der Waals surface area contributed by atoms with Crippen LogP contribution in [0, 0.1) is 0 Å². The van der Waals surface area contributed by atoms with E-state index in [1.54, 1.807) is 0 Å². The van der Waals surface area contributed by atoms with Gasteiger partial charge in [-0.3, -0.25) is 19.4 Å². The van der Waals surface area contributed by atoms with E-state index in [-0.39, 0.29) is 11.8 Å². The summed E-state index contributed by atoms with van der Waals surface area (Å²) in [4.78, 5) is 25.5. The van der Waals surface area contributed by atoms with Crippen molar-refractivity contribution in [3.05, 3.63) is 12.2 Å². The molecule has 0 radical (unpaired) electrons. The maximum Gasteiger partial charge on any atom is 0.254 e. The second-order valence-corrected chi connectivity index (χ2v) is 2.88. The molecule has 4 nitrogen and oxygen atoms in total. The van der Waals surface area contributed by atoms with Gasteiger partial charge in [-0.05, 0) is 13.1 Å². The fourth-order valence-electron chi connectivity index (χ4n) is 1.19. The van der Waals surface area contributed by atoms with Gasteiger partial charge in [0.25, 0.3) is 11.8 Å². The van der Waals surface area contributed by atoms with Crippen LogP contribution in [0.25, 0.3) is 0 Å². The lowest BCUT2D eigenvalue weighted by atomic mass is 10.5. The minimum absolute atomic E-state index is 0.211. The Bertz CT molecular complexity index is 226. The SMILES string of the molecule is CCN(CC)CN1C(=O)C=CC1=O. The van der Waals surface area contributed by atoms with Gasteiger partial charge in [0.15, 0.2) is 0 Å². The van der Waals surface area contributed by atoms with Crippen LogP contribution in [0.4, 0.5) is 0 Å². The van der Waals surface area contributed by atoms with E-state index < -0.39 is 0 Å². The Labute approximate surface area is 77.8 Å². The summed E-state index contributed by atoms with van der Waals surface area (Å²) in [6, 6.07) is 0. The van der Waals surface area contributed by atoms with Crippen LogP contribution < -0.4 is 0 Å². The van der Waals surface area contributed by atoms with Crippen molar-refractivity contribution in [1.82, 2.24) is 9.80 Å². The first-order chi connectivity index (χ1) is 6.19. The summed E-state index contributed by atoms with van der Waals surface area (Å²) in [6.07, 6.45) is 2.62. The van der Waals surface area contributed by atoms with Crippen molar-refractivity contribution in [3.8, 4) is 0 Å². The van der Waals surface area contributed by atoms with Crippen molar-refractivity contribution in [2.45, 2.75) is 13.8 Å². The Hall–Kier alpha value is -1.16. The molecule has 0 atom stereocenters. The van der Waals surface area contributed by atoms with Crippen LogP contribution in [0.1, 0.15) is 13.8 Å². The Morgan fingerprint density at radius 1 is 1.15 bits per heavy atom. The summed E-state index contributed by atoms with van der Waals surface area (Å²) in [5, 5.41) is 0. The second-order valence-electron chi connectivity index (χ2n) is 2.88. The molecule has 0 aromatic heterocycles. The zero-order chi connectivity index (χ0) is 9.84. The first kappa shape index (κ1) is 9.92. The van der Waals surface area contributed by atoms with Gasteiger partial charge in [0.1, 0.15) is 0 Å². The normalized spacial score (nSPS) is 16.4. The van der Waals surface area contributed by atoms with E-state index in [0.717, 1.165) is 13.1 Å². The van der Waals surface area contributed by atoms with Gasteiger partial charge in [0, 0.05) is 12.2 Å². The molecule has 0 saturated heterocycles. The molecule has 0 aliphatic carbocycles. The van der Waals surface area contributed by atoms with Gasteiger partial charge in [-0.1, -0.05) is 13.8 Å². The summed E-state index contributed by atoms with van der Waals surface area (Å²) in [5.41, 5.74) is 0. The molecule has 0 bridgehead atoms. The molecule has 2 amide bonds. The largest absolute Gasteiger partial charge is 0.286 e. The number of carbonyl (C=O) groups excluding carboxylic acids is 2. The standard InChI is InChI=1S/C9H14N2O2/c1-3-10(4-2)7-11-8(12)5-6-9(11)13/h5-6H,3-4,7H2,1-2H3. The third-order valence-corrected chi connectivity index (χ3v) is 2.14. The highest BCUT2D eigenvalue weighted by Crippen LogP contribution is 2.04. The first-order valence-corrected chi connectivity index (χ1v) is 4.45. The highest BCUT2D eigenvalue weighted by Gasteiger charge is 2.24. The zero-order valence-corrected chi connectivity index (χ0v) is 7.99. The van der Waals surface area contributed by atoms with Crippen LogP contribution in [-0.2, 0) is 9.59 Å². The van der Waals surface area contributed by atoms with E-state index in [1.165, 1.54) is 17.1 Å². The Morgan fingerprint density at radius 3 is 2.00 bits per heavy atom. The molecular formula is C9H14N2O2. The zero-order valence-electron chi connectivity index (χ0n) is 7.99. The molecule has 0 saturated carbocycles. The topological polar surface area (TPSA) is 40.6 Å². The fourth-order valence-corrected chi connectivity index (χ4v) is 1.19. The highest BCUT2D eigenvalue weighted by molar-refractivity contribution is 6.12. The van der Waals surface area contributed by atoms with Crippen LogP contribution in [0.5, 0.6) is 0 Å². The van der Waals surface area contributed by atoms with E-state index in [0.29, 0.717) is 6.67 Å². The third kappa shape index (κ3) is 2.15. The molecule has 1 heterocycles. The van der Waals surface area contributed by atoms with Gasteiger partial charge < -0.3 is 0 Å². The summed E-state index contributed by atoms with van der Waals surface area (Å²) in [7, 11) is 0. The molecule has 0 aromatic rings. The quantitative estimate of drug-likeness (QED) is 0.584. The molecule has 0 fully saturated rings. The van der Waals surface area contributed by atoms with Crippen molar-refractivity contribution in [3.63, 3.8) is 0 Å².